The Hall–Kier alpha value is -1.65. The van der Waals surface area contributed by atoms with Gasteiger partial charge in [-0.25, -0.2) is 9.37 Å². The normalized spacial score (nSPS) is 9.85. The fourth-order valence-corrected chi connectivity index (χ4v) is 1.67. The lowest BCUT2D eigenvalue weighted by Crippen LogP contribution is -2.17. The summed E-state index contributed by atoms with van der Waals surface area (Å²) in [5.74, 6) is 0.469. The summed E-state index contributed by atoms with van der Waals surface area (Å²) in [5.41, 5.74) is 0.688. The first kappa shape index (κ1) is 16.4. The van der Waals surface area contributed by atoms with E-state index in [9.17, 15) is 4.39 Å². The van der Waals surface area contributed by atoms with Crippen LogP contribution in [0.5, 0.6) is 5.88 Å². The molecule has 0 fully saturated rings. The number of nitrogens with zero attached hydrogens (tertiary/aromatic N) is 1. The van der Waals surface area contributed by atoms with E-state index in [0.29, 0.717) is 24.6 Å². The highest BCUT2D eigenvalue weighted by Gasteiger charge is 1.99. The van der Waals surface area contributed by atoms with Gasteiger partial charge in [-0.3, -0.25) is 0 Å². The number of hydrogen-bond acceptors (Lipinski definition) is 3. The summed E-state index contributed by atoms with van der Waals surface area (Å²) in [6.45, 7) is 1.92. The molecule has 1 heterocycles. The van der Waals surface area contributed by atoms with E-state index in [2.05, 4.69) is 10.3 Å². The molecule has 0 aliphatic rings. The third kappa shape index (κ3) is 5.55. The standard InChI is InChI=1S/C15H17FN2O.ClH/c16-14-7-2-1-6-13(14)12-17-9-5-11-19-15-8-3-4-10-18-15;/h1-4,6-8,10,17H,5,9,11-12H2;1H. The van der Waals surface area contributed by atoms with Crippen LogP contribution in [0.3, 0.4) is 0 Å². The molecule has 0 aliphatic heterocycles. The van der Waals surface area contributed by atoms with Crippen LogP contribution in [0, 0.1) is 5.82 Å². The second-order valence-corrected chi connectivity index (χ2v) is 4.14. The minimum atomic E-state index is -0.167. The van der Waals surface area contributed by atoms with E-state index in [1.807, 2.05) is 24.3 Å². The number of ether oxygens (including phenoxy) is 1. The summed E-state index contributed by atoms with van der Waals surface area (Å²) in [6, 6.07) is 12.4. The number of aromatic nitrogens is 1. The van der Waals surface area contributed by atoms with E-state index in [0.717, 1.165) is 13.0 Å². The molecule has 0 saturated heterocycles. The van der Waals surface area contributed by atoms with Gasteiger partial charge < -0.3 is 10.1 Å². The Labute approximate surface area is 124 Å². The van der Waals surface area contributed by atoms with Gasteiger partial charge in [-0.05, 0) is 25.1 Å². The predicted molar refractivity (Wildman–Crippen MR) is 79.7 cm³/mol. The molecule has 20 heavy (non-hydrogen) atoms. The average Bonchev–Trinajstić information content (AvgIpc) is 2.45. The van der Waals surface area contributed by atoms with Crippen LogP contribution in [0.25, 0.3) is 0 Å². The molecule has 0 saturated carbocycles. The van der Waals surface area contributed by atoms with E-state index in [-0.39, 0.29) is 18.2 Å². The molecule has 0 atom stereocenters. The first-order valence-electron chi connectivity index (χ1n) is 6.34. The third-order valence-corrected chi connectivity index (χ3v) is 2.66. The van der Waals surface area contributed by atoms with Gasteiger partial charge in [-0.1, -0.05) is 24.3 Å². The predicted octanol–water partition coefficient (Wildman–Crippen LogP) is 3.20. The van der Waals surface area contributed by atoms with Crippen LogP contribution in [0.2, 0.25) is 0 Å². The van der Waals surface area contributed by atoms with Crippen LogP contribution in [-0.4, -0.2) is 18.1 Å². The lowest BCUT2D eigenvalue weighted by molar-refractivity contribution is 0.296. The van der Waals surface area contributed by atoms with Crippen LogP contribution >= 0.6 is 12.4 Å². The number of pyridine rings is 1. The van der Waals surface area contributed by atoms with Crippen LogP contribution in [0.1, 0.15) is 12.0 Å². The van der Waals surface area contributed by atoms with Crippen molar-refractivity contribution in [1.29, 1.82) is 0 Å². The molecule has 5 heteroatoms. The van der Waals surface area contributed by atoms with Crippen LogP contribution < -0.4 is 10.1 Å². The number of nitrogens with one attached hydrogen (secondary N) is 1. The lowest BCUT2D eigenvalue weighted by Gasteiger charge is -2.07. The third-order valence-electron chi connectivity index (χ3n) is 2.66. The maximum absolute atomic E-state index is 13.3. The molecule has 108 valence electrons. The Bertz CT molecular complexity index is 496. The van der Waals surface area contributed by atoms with Gasteiger partial charge in [0.1, 0.15) is 5.82 Å². The zero-order chi connectivity index (χ0) is 13.3. The molecule has 0 radical (unpaired) electrons. The largest absolute Gasteiger partial charge is 0.478 e. The van der Waals surface area contributed by atoms with Crippen molar-refractivity contribution in [2.45, 2.75) is 13.0 Å². The van der Waals surface area contributed by atoms with E-state index >= 15 is 0 Å². The van der Waals surface area contributed by atoms with Crippen LogP contribution in [-0.2, 0) is 6.54 Å². The minimum absolute atomic E-state index is 0. The van der Waals surface area contributed by atoms with Crippen molar-refractivity contribution in [3.8, 4) is 5.88 Å². The SMILES string of the molecule is Cl.Fc1ccccc1CNCCCOc1ccccn1. The molecule has 1 aromatic heterocycles. The molecule has 0 spiro atoms. The molecule has 0 unspecified atom stereocenters. The molecule has 0 bridgehead atoms. The van der Waals surface area contributed by atoms with Gasteiger partial charge >= 0.3 is 0 Å². The van der Waals surface area contributed by atoms with Crippen molar-refractivity contribution in [2.75, 3.05) is 13.2 Å². The molecule has 0 aliphatic carbocycles. The summed E-state index contributed by atoms with van der Waals surface area (Å²) >= 11 is 0. The topological polar surface area (TPSA) is 34.1 Å². The smallest absolute Gasteiger partial charge is 0.213 e. The average molecular weight is 297 g/mol. The van der Waals surface area contributed by atoms with Gasteiger partial charge in [0.2, 0.25) is 5.88 Å². The van der Waals surface area contributed by atoms with E-state index < -0.39 is 0 Å². The molecule has 3 nitrogen and oxygen atoms in total. The summed E-state index contributed by atoms with van der Waals surface area (Å²) in [5, 5.41) is 3.19. The Morgan fingerprint density at radius 3 is 2.65 bits per heavy atom. The fraction of sp³-hybridized carbons (Fsp3) is 0.267. The van der Waals surface area contributed by atoms with E-state index in [1.165, 1.54) is 6.07 Å². The number of hydrogen-bond donors (Lipinski definition) is 1. The van der Waals surface area contributed by atoms with E-state index in [1.54, 1.807) is 18.3 Å². The highest BCUT2D eigenvalue weighted by Crippen LogP contribution is 2.05. The monoisotopic (exact) mass is 296 g/mol. The fourth-order valence-electron chi connectivity index (χ4n) is 1.67. The van der Waals surface area contributed by atoms with Gasteiger partial charge in [0, 0.05) is 24.4 Å². The van der Waals surface area contributed by atoms with Crippen molar-refractivity contribution in [1.82, 2.24) is 10.3 Å². The van der Waals surface area contributed by atoms with Gasteiger partial charge in [0.15, 0.2) is 0 Å². The first-order valence-corrected chi connectivity index (χ1v) is 6.34. The molecule has 0 amide bonds. The maximum atomic E-state index is 13.3. The first-order chi connectivity index (χ1) is 9.36. The minimum Gasteiger partial charge on any atom is -0.478 e. The Morgan fingerprint density at radius 2 is 1.90 bits per heavy atom. The van der Waals surface area contributed by atoms with Crippen molar-refractivity contribution < 1.29 is 9.13 Å². The summed E-state index contributed by atoms with van der Waals surface area (Å²) in [7, 11) is 0. The Morgan fingerprint density at radius 1 is 1.10 bits per heavy atom. The second kappa shape index (κ2) is 9.28. The zero-order valence-electron chi connectivity index (χ0n) is 11.1. The molecular weight excluding hydrogens is 279 g/mol. The van der Waals surface area contributed by atoms with Crippen molar-refractivity contribution in [2.24, 2.45) is 0 Å². The number of halogens is 2. The highest BCUT2D eigenvalue weighted by molar-refractivity contribution is 5.85. The molecular formula is C15H18ClFN2O. The van der Waals surface area contributed by atoms with Crippen molar-refractivity contribution >= 4 is 12.4 Å². The van der Waals surface area contributed by atoms with Gasteiger partial charge in [-0.15, -0.1) is 12.4 Å². The quantitative estimate of drug-likeness (QED) is 0.797. The molecule has 2 aromatic rings. The van der Waals surface area contributed by atoms with Gasteiger partial charge in [0.05, 0.1) is 6.61 Å². The Balaban J connectivity index is 0.00000200. The van der Waals surface area contributed by atoms with Gasteiger partial charge in [0.25, 0.3) is 0 Å². The van der Waals surface area contributed by atoms with E-state index in [4.69, 9.17) is 4.74 Å². The summed E-state index contributed by atoms with van der Waals surface area (Å²) in [6.07, 6.45) is 2.55. The highest BCUT2D eigenvalue weighted by atomic mass is 35.5. The maximum Gasteiger partial charge on any atom is 0.213 e. The van der Waals surface area contributed by atoms with Crippen molar-refractivity contribution in [3.05, 3.63) is 60.0 Å². The van der Waals surface area contributed by atoms with Crippen molar-refractivity contribution in [3.63, 3.8) is 0 Å². The van der Waals surface area contributed by atoms with Crippen LogP contribution in [0.4, 0.5) is 4.39 Å². The zero-order valence-corrected chi connectivity index (χ0v) is 11.9. The second-order valence-electron chi connectivity index (χ2n) is 4.14. The summed E-state index contributed by atoms with van der Waals surface area (Å²) in [4.78, 5) is 4.06. The Kier molecular flexibility index (Phi) is 7.62. The number of rotatable bonds is 7. The lowest BCUT2D eigenvalue weighted by atomic mass is 10.2. The van der Waals surface area contributed by atoms with Gasteiger partial charge in [-0.2, -0.15) is 0 Å². The van der Waals surface area contributed by atoms with Crippen LogP contribution in [0.15, 0.2) is 48.7 Å². The molecule has 1 aromatic carbocycles. The number of benzene rings is 1. The molecule has 2 rings (SSSR count). The molecule has 1 N–H and O–H groups in total. The summed E-state index contributed by atoms with van der Waals surface area (Å²) < 4.78 is 18.8.